The van der Waals surface area contributed by atoms with Crippen molar-refractivity contribution in [2.75, 3.05) is 57.3 Å². The minimum absolute atomic E-state index is 0.803. The maximum absolute atomic E-state index is 5.95. The van der Waals surface area contributed by atoms with Crippen molar-refractivity contribution < 1.29 is 0 Å². The van der Waals surface area contributed by atoms with Gasteiger partial charge in [-0.05, 0) is 49.4 Å². The zero-order chi connectivity index (χ0) is 15.4. The molecule has 2 heterocycles. The standard InChI is InChI=1S/C16H23ClN4S/c17-14-2-4-15(5-3-14)20-12-10-19(11-13-20)7-1-8-21-9-6-18-16(21)22/h2-5H,1,6-13H2,(H,18,22). The lowest BCUT2D eigenvalue weighted by Crippen LogP contribution is -2.47. The smallest absolute Gasteiger partial charge is 0.169 e. The quantitative estimate of drug-likeness (QED) is 0.827. The summed E-state index contributed by atoms with van der Waals surface area (Å²) in [5.74, 6) is 0. The minimum atomic E-state index is 0.803. The van der Waals surface area contributed by atoms with Crippen LogP contribution in [0.25, 0.3) is 0 Å². The summed E-state index contributed by atoms with van der Waals surface area (Å²) >= 11 is 11.2. The molecule has 0 spiro atoms. The second kappa shape index (κ2) is 7.49. The molecule has 1 aromatic rings. The molecule has 22 heavy (non-hydrogen) atoms. The van der Waals surface area contributed by atoms with Gasteiger partial charge in [0.2, 0.25) is 0 Å². The molecule has 1 N–H and O–H groups in total. The normalized spacial score (nSPS) is 19.6. The fourth-order valence-corrected chi connectivity index (χ4v) is 3.50. The number of nitrogens with one attached hydrogen (secondary N) is 1. The van der Waals surface area contributed by atoms with E-state index in [0.29, 0.717) is 0 Å². The predicted molar refractivity (Wildman–Crippen MR) is 96.9 cm³/mol. The molecule has 3 rings (SSSR count). The van der Waals surface area contributed by atoms with Gasteiger partial charge >= 0.3 is 0 Å². The molecule has 0 saturated carbocycles. The van der Waals surface area contributed by atoms with Crippen molar-refractivity contribution >= 4 is 34.6 Å². The van der Waals surface area contributed by atoms with Crippen LogP contribution in [0.4, 0.5) is 5.69 Å². The number of anilines is 1. The highest BCUT2D eigenvalue weighted by molar-refractivity contribution is 7.80. The van der Waals surface area contributed by atoms with Crippen molar-refractivity contribution in [3.8, 4) is 0 Å². The van der Waals surface area contributed by atoms with Crippen LogP contribution in [0.3, 0.4) is 0 Å². The van der Waals surface area contributed by atoms with Crippen LogP contribution in [0, 0.1) is 0 Å². The molecule has 4 nitrogen and oxygen atoms in total. The van der Waals surface area contributed by atoms with Crippen LogP contribution >= 0.6 is 23.8 Å². The van der Waals surface area contributed by atoms with E-state index in [1.54, 1.807) is 0 Å². The van der Waals surface area contributed by atoms with E-state index in [1.807, 2.05) is 12.1 Å². The zero-order valence-corrected chi connectivity index (χ0v) is 14.4. The second-order valence-corrected chi connectivity index (χ2v) is 6.70. The molecule has 2 aliphatic heterocycles. The average Bonchev–Trinajstić information content (AvgIpc) is 2.94. The van der Waals surface area contributed by atoms with Gasteiger partial charge < -0.3 is 15.1 Å². The van der Waals surface area contributed by atoms with Crippen molar-refractivity contribution in [2.45, 2.75) is 6.42 Å². The van der Waals surface area contributed by atoms with Gasteiger partial charge in [-0.2, -0.15) is 0 Å². The predicted octanol–water partition coefficient (Wildman–Crippen LogP) is 2.04. The molecule has 0 bridgehead atoms. The number of halogens is 1. The van der Waals surface area contributed by atoms with Gasteiger partial charge in [0.1, 0.15) is 0 Å². The molecule has 120 valence electrons. The summed E-state index contributed by atoms with van der Waals surface area (Å²) in [5, 5.41) is 4.94. The number of hydrogen-bond acceptors (Lipinski definition) is 3. The molecular formula is C16H23ClN4S. The molecule has 0 amide bonds. The molecule has 6 heteroatoms. The Hall–Kier alpha value is -1.04. The molecule has 2 fully saturated rings. The van der Waals surface area contributed by atoms with Crippen molar-refractivity contribution in [2.24, 2.45) is 0 Å². The van der Waals surface area contributed by atoms with E-state index in [0.717, 1.165) is 62.5 Å². The van der Waals surface area contributed by atoms with Crippen molar-refractivity contribution in [3.05, 3.63) is 29.3 Å². The third kappa shape index (κ3) is 4.03. The molecule has 0 aliphatic carbocycles. The minimum Gasteiger partial charge on any atom is -0.369 e. The Labute approximate surface area is 143 Å². The Balaban J connectivity index is 1.38. The summed E-state index contributed by atoms with van der Waals surface area (Å²) < 4.78 is 0. The van der Waals surface area contributed by atoms with Gasteiger partial charge in [0.25, 0.3) is 0 Å². The topological polar surface area (TPSA) is 21.8 Å². The van der Waals surface area contributed by atoms with Gasteiger partial charge in [-0.15, -0.1) is 0 Å². The first-order chi connectivity index (χ1) is 10.7. The number of nitrogens with zero attached hydrogens (tertiary/aromatic N) is 3. The van der Waals surface area contributed by atoms with E-state index >= 15 is 0 Å². The van der Waals surface area contributed by atoms with Crippen molar-refractivity contribution in [3.63, 3.8) is 0 Å². The van der Waals surface area contributed by atoms with Crippen LogP contribution in [0.1, 0.15) is 6.42 Å². The number of piperazine rings is 1. The van der Waals surface area contributed by atoms with E-state index < -0.39 is 0 Å². The monoisotopic (exact) mass is 338 g/mol. The van der Waals surface area contributed by atoms with E-state index in [9.17, 15) is 0 Å². The molecule has 0 unspecified atom stereocenters. The highest BCUT2D eigenvalue weighted by Crippen LogP contribution is 2.19. The van der Waals surface area contributed by atoms with Crippen LogP contribution in [-0.2, 0) is 0 Å². The Morgan fingerprint density at radius 1 is 1.00 bits per heavy atom. The van der Waals surface area contributed by atoms with Gasteiger partial charge in [0.15, 0.2) is 5.11 Å². The zero-order valence-electron chi connectivity index (χ0n) is 12.8. The molecule has 0 aromatic heterocycles. The molecule has 2 saturated heterocycles. The Morgan fingerprint density at radius 3 is 2.36 bits per heavy atom. The maximum atomic E-state index is 5.95. The van der Waals surface area contributed by atoms with Crippen molar-refractivity contribution in [1.82, 2.24) is 15.1 Å². The Kier molecular flexibility index (Phi) is 5.39. The van der Waals surface area contributed by atoms with Crippen LogP contribution in [0.15, 0.2) is 24.3 Å². The van der Waals surface area contributed by atoms with E-state index in [-0.39, 0.29) is 0 Å². The molecule has 1 aromatic carbocycles. The number of hydrogen-bond donors (Lipinski definition) is 1. The van der Waals surface area contributed by atoms with E-state index in [2.05, 4.69) is 32.1 Å². The molecule has 0 radical (unpaired) electrons. The second-order valence-electron chi connectivity index (χ2n) is 5.88. The van der Waals surface area contributed by atoms with Gasteiger partial charge in [-0.3, -0.25) is 4.90 Å². The lowest BCUT2D eigenvalue weighted by atomic mass is 10.2. The van der Waals surface area contributed by atoms with Crippen LogP contribution < -0.4 is 10.2 Å². The van der Waals surface area contributed by atoms with Crippen LogP contribution in [-0.4, -0.2) is 67.3 Å². The third-order valence-corrected chi connectivity index (χ3v) is 5.07. The molecule has 0 atom stereocenters. The molecule has 2 aliphatic rings. The van der Waals surface area contributed by atoms with Gasteiger partial charge in [-0.25, -0.2) is 0 Å². The SMILES string of the molecule is S=C1NCCN1CCCN1CCN(c2ccc(Cl)cc2)CC1. The van der Waals surface area contributed by atoms with Gasteiger partial charge in [-0.1, -0.05) is 11.6 Å². The van der Waals surface area contributed by atoms with E-state index in [4.69, 9.17) is 23.8 Å². The summed E-state index contributed by atoms with van der Waals surface area (Å²) in [6, 6.07) is 8.16. The summed E-state index contributed by atoms with van der Waals surface area (Å²) in [4.78, 5) is 7.27. The Bertz CT molecular complexity index is 499. The van der Waals surface area contributed by atoms with Gasteiger partial charge in [0, 0.05) is 56.5 Å². The maximum Gasteiger partial charge on any atom is 0.169 e. The fraction of sp³-hybridized carbons (Fsp3) is 0.562. The summed E-state index contributed by atoms with van der Waals surface area (Å²) in [6.45, 7) is 8.73. The average molecular weight is 339 g/mol. The van der Waals surface area contributed by atoms with E-state index in [1.165, 1.54) is 12.1 Å². The lowest BCUT2D eigenvalue weighted by Gasteiger charge is -2.36. The summed E-state index contributed by atoms with van der Waals surface area (Å²) in [6.07, 6.45) is 1.18. The summed E-state index contributed by atoms with van der Waals surface area (Å²) in [5.41, 5.74) is 1.28. The fourth-order valence-electron chi connectivity index (χ4n) is 3.09. The highest BCUT2D eigenvalue weighted by atomic mass is 35.5. The molecular weight excluding hydrogens is 316 g/mol. The first-order valence-corrected chi connectivity index (χ1v) is 8.77. The van der Waals surface area contributed by atoms with Crippen LogP contribution in [0.2, 0.25) is 5.02 Å². The Morgan fingerprint density at radius 2 is 1.73 bits per heavy atom. The highest BCUT2D eigenvalue weighted by Gasteiger charge is 2.18. The van der Waals surface area contributed by atoms with Gasteiger partial charge in [0.05, 0.1) is 0 Å². The lowest BCUT2D eigenvalue weighted by molar-refractivity contribution is 0.246. The van der Waals surface area contributed by atoms with Crippen molar-refractivity contribution in [1.29, 1.82) is 0 Å². The third-order valence-electron chi connectivity index (χ3n) is 4.41. The summed E-state index contributed by atoms with van der Waals surface area (Å²) in [7, 11) is 0. The number of rotatable bonds is 5. The van der Waals surface area contributed by atoms with Crippen LogP contribution in [0.5, 0.6) is 0 Å². The first-order valence-electron chi connectivity index (χ1n) is 7.98. The first kappa shape index (κ1) is 15.8. The largest absolute Gasteiger partial charge is 0.369 e. The number of thiocarbonyl (C=S) groups is 1. The number of benzene rings is 1.